The third-order valence-electron chi connectivity index (χ3n) is 4.73. The van der Waals surface area contributed by atoms with Crippen LogP contribution in [0.25, 0.3) is 10.2 Å². The molecule has 32 heavy (non-hydrogen) atoms. The van der Waals surface area contributed by atoms with Gasteiger partial charge in [0.1, 0.15) is 11.8 Å². The van der Waals surface area contributed by atoms with Crippen molar-refractivity contribution in [2.45, 2.75) is 17.3 Å². The van der Waals surface area contributed by atoms with E-state index in [-0.39, 0.29) is 24.5 Å². The monoisotopic (exact) mass is 488 g/mol. The first-order valence-electron chi connectivity index (χ1n) is 9.10. The zero-order valence-corrected chi connectivity index (χ0v) is 17.7. The molecule has 0 radical (unpaired) electrons. The second kappa shape index (κ2) is 8.18. The number of hydrogen-bond donors (Lipinski definition) is 1. The van der Waals surface area contributed by atoms with Crippen molar-refractivity contribution in [2.24, 2.45) is 0 Å². The van der Waals surface area contributed by atoms with Gasteiger partial charge in [-0.25, -0.2) is 13.4 Å². The molecule has 9 nitrogen and oxygen atoms in total. The third kappa shape index (κ3) is 4.47. The molecular formula is C18H15F3N4O5S2. The van der Waals surface area contributed by atoms with Gasteiger partial charge >= 0.3 is 12.3 Å². The number of thiazole rings is 1. The van der Waals surface area contributed by atoms with E-state index in [1.165, 1.54) is 11.3 Å². The highest BCUT2D eigenvalue weighted by Crippen LogP contribution is 2.31. The minimum Gasteiger partial charge on any atom is -0.480 e. The number of benzene rings is 1. The predicted molar refractivity (Wildman–Crippen MR) is 108 cm³/mol. The number of sulfonamides is 1. The number of aliphatic carboxylic acids is 1. The molecule has 0 saturated carbocycles. The zero-order valence-electron chi connectivity index (χ0n) is 16.1. The molecule has 1 atom stereocenters. The second-order valence-corrected chi connectivity index (χ2v) is 9.67. The first-order chi connectivity index (χ1) is 15.0. The average molecular weight is 488 g/mol. The lowest BCUT2D eigenvalue weighted by Gasteiger charge is -2.38. The molecule has 3 heterocycles. The van der Waals surface area contributed by atoms with Crippen LogP contribution >= 0.6 is 11.3 Å². The number of nitrogens with zero attached hydrogens (tertiary/aromatic N) is 4. The van der Waals surface area contributed by atoms with Gasteiger partial charge in [0.05, 0.1) is 15.1 Å². The fourth-order valence-electron chi connectivity index (χ4n) is 3.28. The Kier molecular flexibility index (Phi) is 5.68. The van der Waals surface area contributed by atoms with Crippen molar-refractivity contribution in [3.05, 3.63) is 42.7 Å². The Bertz CT molecular complexity index is 1210. The number of anilines is 1. The zero-order chi connectivity index (χ0) is 23.1. The highest BCUT2D eigenvalue weighted by molar-refractivity contribution is 7.89. The van der Waals surface area contributed by atoms with Crippen LogP contribution in [0.1, 0.15) is 0 Å². The molecule has 3 aromatic rings. The number of carbonyl (C=O) groups is 1. The minimum absolute atomic E-state index is 0.142. The van der Waals surface area contributed by atoms with Crippen molar-refractivity contribution in [3.63, 3.8) is 0 Å². The SMILES string of the molecule is O=C(O)[C@H]1CN(c2nc3ccncc3s2)CCN1S(=O)(=O)c1ccc(OC(F)(F)F)cc1. The topological polar surface area (TPSA) is 113 Å². The van der Waals surface area contributed by atoms with Gasteiger partial charge in [-0.2, -0.15) is 4.31 Å². The van der Waals surface area contributed by atoms with Crippen LogP contribution < -0.4 is 9.64 Å². The molecule has 4 rings (SSSR count). The summed E-state index contributed by atoms with van der Waals surface area (Å²) in [5, 5.41) is 10.2. The van der Waals surface area contributed by atoms with Crippen molar-refractivity contribution >= 4 is 42.7 Å². The first-order valence-corrected chi connectivity index (χ1v) is 11.4. The van der Waals surface area contributed by atoms with E-state index >= 15 is 0 Å². The Labute approximate surface area is 183 Å². The fraction of sp³-hybridized carbons (Fsp3) is 0.278. The summed E-state index contributed by atoms with van der Waals surface area (Å²) in [7, 11) is -4.28. The number of carboxylic acid groups (broad SMARTS) is 1. The van der Waals surface area contributed by atoms with Crippen LogP contribution in [0.2, 0.25) is 0 Å². The lowest BCUT2D eigenvalue weighted by atomic mass is 10.2. The lowest BCUT2D eigenvalue weighted by molar-refractivity contribution is -0.274. The van der Waals surface area contributed by atoms with Gasteiger partial charge in [-0.3, -0.25) is 9.78 Å². The van der Waals surface area contributed by atoms with Gasteiger partial charge in [0, 0.05) is 32.0 Å². The second-order valence-electron chi connectivity index (χ2n) is 6.77. The molecule has 1 fully saturated rings. The number of carboxylic acids is 1. The van der Waals surface area contributed by atoms with Crippen LogP contribution in [-0.4, -0.2) is 65.8 Å². The number of alkyl halides is 3. The summed E-state index contributed by atoms with van der Waals surface area (Å²) in [6.07, 6.45) is -1.69. The number of rotatable bonds is 5. The molecule has 1 saturated heterocycles. The Balaban J connectivity index is 1.57. The molecule has 0 amide bonds. The van der Waals surface area contributed by atoms with Crippen molar-refractivity contribution < 1.29 is 36.2 Å². The number of pyridine rings is 1. The quantitative estimate of drug-likeness (QED) is 0.583. The predicted octanol–water partition coefficient (Wildman–Crippen LogP) is 2.55. The van der Waals surface area contributed by atoms with Crippen LogP contribution in [0.5, 0.6) is 5.75 Å². The third-order valence-corrected chi connectivity index (χ3v) is 7.72. The number of ether oxygens (including phenoxy) is 1. The van der Waals surface area contributed by atoms with Crippen molar-refractivity contribution in [1.29, 1.82) is 0 Å². The van der Waals surface area contributed by atoms with Crippen LogP contribution in [0, 0.1) is 0 Å². The van der Waals surface area contributed by atoms with E-state index in [2.05, 4.69) is 14.7 Å². The van der Waals surface area contributed by atoms with E-state index in [1.54, 1.807) is 23.4 Å². The summed E-state index contributed by atoms with van der Waals surface area (Å²) in [5.74, 6) is -1.93. The Morgan fingerprint density at radius 1 is 1.19 bits per heavy atom. The smallest absolute Gasteiger partial charge is 0.480 e. The van der Waals surface area contributed by atoms with Gasteiger partial charge in [0.25, 0.3) is 0 Å². The summed E-state index contributed by atoms with van der Waals surface area (Å²) in [5.41, 5.74) is 0.697. The summed E-state index contributed by atoms with van der Waals surface area (Å²) in [4.78, 5) is 21.7. The van der Waals surface area contributed by atoms with Crippen LogP contribution in [0.3, 0.4) is 0 Å². The van der Waals surface area contributed by atoms with Gasteiger partial charge in [-0.1, -0.05) is 11.3 Å². The normalized spacial score (nSPS) is 18.1. The standard InChI is InChI=1S/C18H15F3N4O5S2/c19-18(20,21)30-11-1-3-12(4-2-11)32(28,29)25-8-7-24(10-14(25)16(26)27)17-23-13-5-6-22-9-15(13)31-17/h1-6,9,14H,7-8,10H2,(H,26,27)/t14-/m1/s1. The molecule has 1 aromatic carbocycles. The molecule has 1 aliphatic heterocycles. The molecule has 0 spiro atoms. The maximum atomic E-state index is 13.0. The number of piperazine rings is 1. The molecular weight excluding hydrogens is 473 g/mol. The molecule has 0 bridgehead atoms. The highest BCUT2D eigenvalue weighted by Gasteiger charge is 2.41. The summed E-state index contributed by atoms with van der Waals surface area (Å²) < 4.78 is 68.4. The van der Waals surface area contributed by atoms with Gasteiger partial charge < -0.3 is 14.7 Å². The maximum absolute atomic E-state index is 13.0. The van der Waals surface area contributed by atoms with Crippen molar-refractivity contribution in [3.8, 4) is 5.75 Å². The highest BCUT2D eigenvalue weighted by atomic mass is 32.2. The number of aromatic nitrogens is 2. The number of halogens is 3. The first kappa shape index (κ1) is 22.2. The summed E-state index contributed by atoms with van der Waals surface area (Å²) in [6, 6.07) is 3.93. The Morgan fingerprint density at radius 3 is 2.53 bits per heavy atom. The van der Waals surface area contributed by atoms with E-state index in [9.17, 15) is 31.5 Å². The average Bonchev–Trinajstić information content (AvgIpc) is 3.17. The van der Waals surface area contributed by atoms with Gasteiger partial charge in [0.2, 0.25) is 10.0 Å². The maximum Gasteiger partial charge on any atom is 0.573 e. The molecule has 2 aromatic heterocycles. The van der Waals surface area contributed by atoms with E-state index in [1.807, 2.05) is 0 Å². The van der Waals surface area contributed by atoms with Gasteiger partial charge in [-0.15, -0.1) is 13.2 Å². The van der Waals surface area contributed by atoms with Gasteiger partial charge in [0.15, 0.2) is 5.13 Å². The molecule has 0 aliphatic carbocycles. The van der Waals surface area contributed by atoms with Crippen molar-refractivity contribution in [2.75, 3.05) is 24.5 Å². The fourth-order valence-corrected chi connectivity index (χ4v) is 5.81. The van der Waals surface area contributed by atoms with Gasteiger partial charge in [-0.05, 0) is 30.3 Å². The lowest BCUT2D eigenvalue weighted by Crippen LogP contribution is -2.58. The van der Waals surface area contributed by atoms with Crippen LogP contribution in [0.15, 0.2) is 47.6 Å². The van der Waals surface area contributed by atoms with Crippen LogP contribution in [0.4, 0.5) is 18.3 Å². The molecule has 1 aliphatic rings. The molecule has 14 heteroatoms. The summed E-state index contributed by atoms with van der Waals surface area (Å²) in [6.45, 7) is -0.100. The van der Waals surface area contributed by atoms with E-state index in [0.717, 1.165) is 33.3 Å². The summed E-state index contributed by atoms with van der Waals surface area (Å²) >= 11 is 1.31. The van der Waals surface area contributed by atoms with E-state index in [4.69, 9.17) is 0 Å². The van der Waals surface area contributed by atoms with E-state index in [0.29, 0.717) is 10.6 Å². The minimum atomic E-state index is -4.91. The molecule has 170 valence electrons. The molecule has 0 unspecified atom stereocenters. The molecule has 1 N–H and O–H groups in total. The van der Waals surface area contributed by atoms with E-state index < -0.39 is 34.1 Å². The van der Waals surface area contributed by atoms with Crippen LogP contribution in [-0.2, 0) is 14.8 Å². The Hall–Kier alpha value is -2.97. The number of hydrogen-bond acceptors (Lipinski definition) is 8. The number of fused-ring (bicyclic) bond motifs is 1. The van der Waals surface area contributed by atoms with Crippen molar-refractivity contribution in [1.82, 2.24) is 14.3 Å². The largest absolute Gasteiger partial charge is 0.573 e. The Morgan fingerprint density at radius 2 is 1.91 bits per heavy atom.